The molecule has 0 bridgehead atoms. The van der Waals surface area contributed by atoms with E-state index >= 15 is 0 Å². The number of rotatable bonds is 4. The van der Waals surface area contributed by atoms with Crippen molar-refractivity contribution in [2.24, 2.45) is 0 Å². The molecule has 0 saturated carbocycles. The number of piperazine rings is 1. The predicted octanol–water partition coefficient (Wildman–Crippen LogP) is 2.39. The van der Waals surface area contributed by atoms with Crippen molar-refractivity contribution in [3.05, 3.63) is 57.2 Å². The summed E-state index contributed by atoms with van der Waals surface area (Å²) in [6.07, 6.45) is 0.211. The first-order chi connectivity index (χ1) is 12.8. The van der Waals surface area contributed by atoms with Crippen LogP contribution in [0.4, 0.5) is 10.1 Å². The molecule has 144 valence electrons. The minimum atomic E-state index is -0.377. The SMILES string of the molecule is Cc1cc(O)cc(=O)n1CCC(=O)N1CCN(c2ccc(F)cc2Cl)CC1. The molecule has 0 aliphatic carbocycles. The van der Waals surface area contributed by atoms with Crippen LogP contribution in [0.2, 0.25) is 5.02 Å². The van der Waals surface area contributed by atoms with Crippen molar-refractivity contribution in [2.75, 3.05) is 31.1 Å². The standard InChI is InChI=1S/C19H21ClFN3O3/c1-13-10-15(25)12-19(27)24(13)5-4-18(26)23-8-6-22(7-9-23)17-3-2-14(21)11-16(17)20/h2-3,10-12,25H,4-9H2,1H3. The van der Waals surface area contributed by atoms with Gasteiger partial charge in [-0.3, -0.25) is 9.59 Å². The van der Waals surface area contributed by atoms with E-state index in [1.54, 1.807) is 17.9 Å². The quantitative estimate of drug-likeness (QED) is 0.866. The summed E-state index contributed by atoms with van der Waals surface area (Å²) in [7, 11) is 0. The van der Waals surface area contributed by atoms with Crippen LogP contribution in [-0.4, -0.2) is 46.7 Å². The summed E-state index contributed by atoms with van der Waals surface area (Å²) in [4.78, 5) is 28.2. The first kappa shape index (κ1) is 19.2. The number of nitrogens with zero attached hydrogens (tertiary/aromatic N) is 3. The molecule has 1 amide bonds. The maximum atomic E-state index is 13.2. The Kier molecular flexibility index (Phi) is 5.70. The second-order valence-electron chi connectivity index (χ2n) is 6.56. The molecule has 0 radical (unpaired) electrons. The van der Waals surface area contributed by atoms with Gasteiger partial charge in [0.1, 0.15) is 11.6 Å². The smallest absolute Gasteiger partial charge is 0.254 e. The van der Waals surface area contributed by atoms with Gasteiger partial charge in [0.05, 0.1) is 10.7 Å². The van der Waals surface area contributed by atoms with Gasteiger partial charge in [0, 0.05) is 50.9 Å². The molecule has 1 aromatic heterocycles. The Labute approximate surface area is 161 Å². The van der Waals surface area contributed by atoms with E-state index in [1.165, 1.54) is 22.8 Å². The molecule has 8 heteroatoms. The van der Waals surface area contributed by atoms with E-state index in [4.69, 9.17) is 11.6 Å². The van der Waals surface area contributed by atoms with Gasteiger partial charge in [-0.05, 0) is 31.2 Å². The average molecular weight is 394 g/mol. The zero-order valence-corrected chi connectivity index (χ0v) is 15.7. The molecular weight excluding hydrogens is 373 g/mol. The number of hydrogen-bond acceptors (Lipinski definition) is 4. The highest BCUT2D eigenvalue weighted by Crippen LogP contribution is 2.27. The van der Waals surface area contributed by atoms with Gasteiger partial charge >= 0.3 is 0 Å². The highest BCUT2D eigenvalue weighted by molar-refractivity contribution is 6.33. The summed E-state index contributed by atoms with van der Waals surface area (Å²) >= 11 is 6.11. The number of amides is 1. The molecule has 1 saturated heterocycles. The van der Waals surface area contributed by atoms with Gasteiger partial charge in [-0.25, -0.2) is 4.39 Å². The lowest BCUT2D eigenvalue weighted by atomic mass is 10.2. The Balaban J connectivity index is 1.57. The highest BCUT2D eigenvalue weighted by atomic mass is 35.5. The fourth-order valence-electron chi connectivity index (χ4n) is 3.30. The molecule has 2 heterocycles. The molecule has 0 atom stereocenters. The number of aryl methyl sites for hydroxylation is 1. The molecule has 1 aliphatic rings. The van der Waals surface area contributed by atoms with Crippen LogP contribution in [0.3, 0.4) is 0 Å². The molecule has 1 N–H and O–H groups in total. The van der Waals surface area contributed by atoms with Gasteiger partial charge in [-0.2, -0.15) is 0 Å². The topological polar surface area (TPSA) is 65.8 Å². The number of aromatic nitrogens is 1. The summed E-state index contributed by atoms with van der Waals surface area (Å²) in [6, 6.07) is 6.94. The monoisotopic (exact) mass is 393 g/mol. The van der Waals surface area contributed by atoms with Crippen LogP contribution in [0.25, 0.3) is 0 Å². The van der Waals surface area contributed by atoms with E-state index in [0.717, 1.165) is 11.8 Å². The van der Waals surface area contributed by atoms with Crippen molar-refractivity contribution in [3.63, 3.8) is 0 Å². The number of aromatic hydroxyl groups is 1. The number of pyridine rings is 1. The molecule has 3 rings (SSSR count). The molecule has 2 aromatic rings. The fraction of sp³-hybridized carbons (Fsp3) is 0.368. The minimum absolute atomic E-state index is 0.0285. The van der Waals surface area contributed by atoms with Crippen molar-refractivity contribution in [1.29, 1.82) is 0 Å². The summed E-state index contributed by atoms with van der Waals surface area (Å²) in [5, 5.41) is 9.79. The second kappa shape index (κ2) is 8.00. The van der Waals surface area contributed by atoms with Crippen LogP contribution in [0.15, 0.2) is 35.1 Å². The Hall–Kier alpha value is -2.54. The van der Waals surface area contributed by atoms with Gasteiger partial charge in [-0.1, -0.05) is 11.6 Å². The fourth-order valence-corrected chi connectivity index (χ4v) is 3.59. The summed E-state index contributed by atoms with van der Waals surface area (Å²) in [6.45, 7) is 4.28. The Morgan fingerprint density at radius 1 is 1.19 bits per heavy atom. The maximum absolute atomic E-state index is 13.2. The number of carbonyl (C=O) groups excluding carboxylic acids is 1. The Morgan fingerprint density at radius 2 is 1.89 bits per heavy atom. The summed E-state index contributed by atoms with van der Waals surface area (Å²) in [5.41, 5.74) is 1.05. The van der Waals surface area contributed by atoms with Gasteiger partial charge in [0.25, 0.3) is 5.56 Å². The van der Waals surface area contributed by atoms with Crippen molar-refractivity contribution < 1.29 is 14.3 Å². The molecular formula is C19H21ClFN3O3. The third-order valence-corrected chi connectivity index (χ3v) is 5.05. The average Bonchev–Trinajstić information content (AvgIpc) is 2.61. The lowest BCUT2D eigenvalue weighted by Gasteiger charge is -2.36. The zero-order valence-electron chi connectivity index (χ0n) is 15.0. The lowest BCUT2D eigenvalue weighted by molar-refractivity contribution is -0.131. The Bertz CT molecular complexity index is 908. The maximum Gasteiger partial charge on any atom is 0.254 e. The van der Waals surface area contributed by atoms with E-state index in [9.17, 15) is 19.1 Å². The minimum Gasteiger partial charge on any atom is -0.508 e. The van der Waals surface area contributed by atoms with Gasteiger partial charge < -0.3 is 19.5 Å². The van der Waals surface area contributed by atoms with Crippen LogP contribution in [0, 0.1) is 12.7 Å². The number of halogens is 2. The van der Waals surface area contributed by atoms with Crippen LogP contribution >= 0.6 is 11.6 Å². The molecule has 0 spiro atoms. The summed E-state index contributed by atoms with van der Waals surface area (Å²) in [5.74, 6) is -0.479. The van der Waals surface area contributed by atoms with Crippen molar-refractivity contribution in [1.82, 2.24) is 9.47 Å². The van der Waals surface area contributed by atoms with Crippen LogP contribution in [0.1, 0.15) is 12.1 Å². The van der Waals surface area contributed by atoms with Crippen LogP contribution in [-0.2, 0) is 11.3 Å². The molecule has 1 aliphatic heterocycles. The van der Waals surface area contributed by atoms with Gasteiger partial charge in [0.15, 0.2) is 0 Å². The van der Waals surface area contributed by atoms with Gasteiger partial charge in [-0.15, -0.1) is 0 Å². The number of carbonyl (C=O) groups is 1. The number of hydrogen-bond donors (Lipinski definition) is 1. The first-order valence-corrected chi connectivity index (χ1v) is 9.11. The number of benzene rings is 1. The lowest BCUT2D eigenvalue weighted by Crippen LogP contribution is -2.49. The molecule has 1 fully saturated rings. The normalized spacial score (nSPS) is 14.5. The van der Waals surface area contributed by atoms with Crippen LogP contribution in [0.5, 0.6) is 5.75 Å². The zero-order chi connectivity index (χ0) is 19.6. The molecule has 27 heavy (non-hydrogen) atoms. The summed E-state index contributed by atoms with van der Waals surface area (Å²) < 4.78 is 14.7. The van der Waals surface area contributed by atoms with E-state index in [-0.39, 0.29) is 36.0 Å². The highest BCUT2D eigenvalue weighted by Gasteiger charge is 2.22. The van der Waals surface area contributed by atoms with E-state index in [0.29, 0.717) is 36.9 Å². The molecule has 1 aromatic carbocycles. The predicted molar refractivity (Wildman–Crippen MR) is 102 cm³/mol. The van der Waals surface area contributed by atoms with Crippen molar-refractivity contribution >= 4 is 23.2 Å². The van der Waals surface area contributed by atoms with Crippen molar-refractivity contribution in [2.45, 2.75) is 19.9 Å². The van der Waals surface area contributed by atoms with E-state index < -0.39 is 0 Å². The Morgan fingerprint density at radius 3 is 2.52 bits per heavy atom. The van der Waals surface area contributed by atoms with Gasteiger partial charge in [0.2, 0.25) is 5.91 Å². The van der Waals surface area contributed by atoms with E-state index in [2.05, 4.69) is 0 Å². The largest absolute Gasteiger partial charge is 0.508 e. The second-order valence-corrected chi connectivity index (χ2v) is 6.97. The third kappa shape index (κ3) is 4.42. The number of anilines is 1. The molecule has 6 nitrogen and oxygen atoms in total. The first-order valence-electron chi connectivity index (χ1n) is 8.73. The third-order valence-electron chi connectivity index (χ3n) is 4.75. The molecule has 0 unspecified atom stereocenters. The van der Waals surface area contributed by atoms with E-state index in [1.807, 2.05) is 4.90 Å². The van der Waals surface area contributed by atoms with Crippen molar-refractivity contribution in [3.8, 4) is 5.75 Å². The van der Waals surface area contributed by atoms with Crippen LogP contribution < -0.4 is 10.5 Å².